The zero-order valence-corrected chi connectivity index (χ0v) is 14.1. The van der Waals surface area contributed by atoms with Gasteiger partial charge in [-0.1, -0.05) is 11.8 Å². The molecule has 0 unspecified atom stereocenters. The highest BCUT2D eigenvalue weighted by atomic mass is 32.2. The Labute approximate surface area is 139 Å². The fraction of sp³-hybridized carbons (Fsp3) is 0.235. The van der Waals surface area contributed by atoms with Crippen molar-refractivity contribution in [2.75, 3.05) is 16.4 Å². The number of carbonyl (C=O) groups excluding carboxylic acids is 1. The molecule has 0 fully saturated rings. The molecule has 1 aliphatic rings. The summed E-state index contributed by atoms with van der Waals surface area (Å²) < 4.78 is 5.57. The van der Waals surface area contributed by atoms with Crippen LogP contribution in [0.25, 0.3) is 0 Å². The number of fused-ring (bicyclic) bond motifs is 2. The molecule has 0 saturated heterocycles. The van der Waals surface area contributed by atoms with Gasteiger partial charge in [-0.25, -0.2) is 9.69 Å². The van der Waals surface area contributed by atoms with Gasteiger partial charge >= 0.3 is 6.09 Å². The third kappa shape index (κ3) is 3.07. The van der Waals surface area contributed by atoms with E-state index < -0.39 is 11.7 Å². The number of carbonyl (C=O) groups is 1. The maximum absolute atomic E-state index is 12.7. The molecule has 0 aliphatic carbocycles. The number of benzene rings is 2. The molecule has 4 N–H and O–H groups in total. The van der Waals surface area contributed by atoms with Crippen LogP contribution in [0.4, 0.5) is 27.5 Å². The van der Waals surface area contributed by atoms with E-state index in [4.69, 9.17) is 16.2 Å². The van der Waals surface area contributed by atoms with Crippen LogP contribution in [0.5, 0.6) is 0 Å². The Morgan fingerprint density at radius 3 is 1.91 bits per heavy atom. The molecule has 0 aromatic heterocycles. The minimum Gasteiger partial charge on any atom is -0.443 e. The van der Waals surface area contributed by atoms with E-state index in [1.165, 1.54) is 0 Å². The highest BCUT2D eigenvalue weighted by molar-refractivity contribution is 7.99. The van der Waals surface area contributed by atoms with Crippen molar-refractivity contribution in [3.05, 3.63) is 36.4 Å². The van der Waals surface area contributed by atoms with E-state index in [1.54, 1.807) is 28.8 Å². The predicted molar refractivity (Wildman–Crippen MR) is 94.2 cm³/mol. The van der Waals surface area contributed by atoms with Gasteiger partial charge in [0.05, 0.1) is 11.4 Å². The van der Waals surface area contributed by atoms with E-state index in [-0.39, 0.29) is 0 Å². The van der Waals surface area contributed by atoms with Gasteiger partial charge in [-0.2, -0.15) is 0 Å². The molecule has 0 bridgehead atoms. The molecule has 1 heterocycles. The summed E-state index contributed by atoms with van der Waals surface area (Å²) in [4.78, 5) is 16.1. The maximum atomic E-state index is 12.7. The van der Waals surface area contributed by atoms with Gasteiger partial charge in [-0.15, -0.1) is 0 Å². The number of ether oxygens (including phenoxy) is 1. The maximum Gasteiger partial charge on any atom is 0.419 e. The number of amides is 1. The predicted octanol–water partition coefficient (Wildman–Crippen LogP) is 4.39. The molecule has 0 atom stereocenters. The summed E-state index contributed by atoms with van der Waals surface area (Å²) in [5.41, 5.74) is 14.0. The smallest absolute Gasteiger partial charge is 0.419 e. The van der Waals surface area contributed by atoms with Crippen LogP contribution in [0, 0.1) is 0 Å². The quantitative estimate of drug-likeness (QED) is 0.701. The molecule has 0 saturated carbocycles. The topological polar surface area (TPSA) is 81.6 Å². The summed E-state index contributed by atoms with van der Waals surface area (Å²) in [5.74, 6) is 0. The third-order valence-electron chi connectivity index (χ3n) is 3.25. The SMILES string of the molecule is CC(C)(C)OC(=O)N1c2ccc(N)cc2Sc2cc(N)ccc21. The lowest BCUT2D eigenvalue weighted by Gasteiger charge is -2.33. The molecule has 23 heavy (non-hydrogen) atoms. The summed E-state index contributed by atoms with van der Waals surface area (Å²) in [6.45, 7) is 5.53. The zero-order chi connectivity index (χ0) is 16.8. The van der Waals surface area contributed by atoms with E-state index in [0.29, 0.717) is 11.4 Å². The van der Waals surface area contributed by atoms with Crippen molar-refractivity contribution in [3.63, 3.8) is 0 Å². The lowest BCUT2D eigenvalue weighted by atomic mass is 10.2. The molecule has 2 aromatic rings. The molecule has 120 valence electrons. The Morgan fingerprint density at radius 1 is 1.00 bits per heavy atom. The average Bonchev–Trinajstić information content (AvgIpc) is 2.42. The average molecular weight is 329 g/mol. The van der Waals surface area contributed by atoms with Crippen LogP contribution < -0.4 is 16.4 Å². The van der Waals surface area contributed by atoms with E-state index in [2.05, 4.69) is 0 Å². The fourth-order valence-electron chi connectivity index (χ4n) is 2.35. The molecule has 3 rings (SSSR count). The first-order chi connectivity index (χ1) is 10.7. The van der Waals surface area contributed by atoms with Gasteiger partial charge in [0.1, 0.15) is 5.60 Å². The first-order valence-corrected chi connectivity index (χ1v) is 8.06. The van der Waals surface area contributed by atoms with Crippen molar-refractivity contribution < 1.29 is 9.53 Å². The molecular formula is C17H19N3O2S. The summed E-state index contributed by atoms with van der Waals surface area (Å²) in [6.07, 6.45) is -0.421. The fourth-order valence-corrected chi connectivity index (χ4v) is 3.50. The largest absolute Gasteiger partial charge is 0.443 e. The van der Waals surface area contributed by atoms with Crippen molar-refractivity contribution in [2.24, 2.45) is 0 Å². The van der Waals surface area contributed by atoms with Crippen LogP contribution in [0.1, 0.15) is 20.8 Å². The number of hydrogen-bond donors (Lipinski definition) is 2. The molecule has 5 nitrogen and oxygen atoms in total. The summed E-state index contributed by atoms with van der Waals surface area (Å²) in [7, 11) is 0. The van der Waals surface area contributed by atoms with Crippen molar-refractivity contribution >= 4 is 40.6 Å². The van der Waals surface area contributed by atoms with Gasteiger partial charge in [0.2, 0.25) is 0 Å². The van der Waals surface area contributed by atoms with Crippen LogP contribution in [0.3, 0.4) is 0 Å². The second-order valence-corrected chi connectivity index (χ2v) is 7.46. The van der Waals surface area contributed by atoms with Crippen LogP contribution in [0.2, 0.25) is 0 Å². The van der Waals surface area contributed by atoms with Crippen molar-refractivity contribution in [2.45, 2.75) is 36.2 Å². The summed E-state index contributed by atoms with van der Waals surface area (Å²) in [6, 6.07) is 10.9. The summed E-state index contributed by atoms with van der Waals surface area (Å²) in [5, 5.41) is 0. The number of nitrogens with zero attached hydrogens (tertiary/aromatic N) is 1. The van der Waals surface area contributed by atoms with Crippen LogP contribution >= 0.6 is 11.8 Å². The summed E-state index contributed by atoms with van der Waals surface area (Å²) >= 11 is 1.54. The number of rotatable bonds is 0. The third-order valence-corrected chi connectivity index (χ3v) is 4.34. The first kappa shape index (κ1) is 15.6. The van der Waals surface area contributed by atoms with Gasteiger partial charge in [0, 0.05) is 21.2 Å². The van der Waals surface area contributed by atoms with Crippen molar-refractivity contribution in [3.8, 4) is 0 Å². The molecular weight excluding hydrogens is 310 g/mol. The van der Waals surface area contributed by atoms with E-state index in [1.807, 2.05) is 45.0 Å². The van der Waals surface area contributed by atoms with Gasteiger partial charge < -0.3 is 16.2 Å². The van der Waals surface area contributed by atoms with Gasteiger partial charge in [-0.3, -0.25) is 0 Å². The van der Waals surface area contributed by atoms with Crippen LogP contribution in [-0.2, 0) is 4.74 Å². The lowest BCUT2D eigenvalue weighted by molar-refractivity contribution is 0.0597. The van der Waals surface area contributed by atoms with Gasteiger partial charge in [-0.05, 0) is 57.2 Å². The molecule has 0 spiro atoms. The first-order valence-electron chi connectivity index (χ1n) is 7.24. The Bertz CT molecular complexity index is 732. The number of nitrogen functional groups attached to an aromatic ring is 2. The van der Waals surface area contributed by atoms with E-state index >= 15 is 0 Å². The van der Waals surface area contributed by atoms with E-state index in [0.717, 1.165) is 21.2 Å². The Morgan fingerprint density at radius 2 is 1.48 bits per heavy atom. The lowest BCUT2D eigenvalue weighted by Crippen LogP contribution is -2.35. The second kappa shape index (κ2) is 5.38. The Kier molecular flexibility index (Phi) is 3.64. The minimum atomic E-state index is -0.580. The Hall–Kier alpha value is -2.34. The second-order valence-electron chi connectivity index (χ2n) is 6.37. The minimum absolute atomic E-state index is 0.421. The molecule has 2 aromatic carbocycles. The monoisotopic (exact) mass is 329 g/mol. The number of nitrogens with two attached hydrogens (primary N) is 2. The van der Waals surface area contributed by atoms with E-state index in [9.17, 15) is 4.79 Å². The normalized spacial score (nSPS) is 13.3. The number of hydrogen-bond acceptors (Lipinski definition) is 5. The molecule has 1 amide bonds. The van der Waals surface area contributed by atoms with Crippen LogP contribution in [-0.4, -0.2) is 11.7 Å². The number of anilines is 4. The highest BCUT2D eigenvalue weighted by Gasteiger charge is 2.31. The Balaban J connectivity index is 2.12. The van der Waals surface area contributed by atoms with Crippen molar-refractivity contribution in [1.82, 2.24) is 0 Å². The molecule has 6 heteroatoms. The van der Waals surface area contributed by atoms with Gasteiger partial charge in [0.25, 0.3) is 0 Å². The zero-order valence-electron chi connectivity index (χ0n) is 13.3. The standard InChI is InChI=1S/C17H19N3O2S/c1-17(2,3)22-16(21)20-12-6-4-10(18)8-14(12)23-15-9-11(19)5-7-13(15)20/h4-9H,18-19H2,1-3H3. The molecule has 0 radical (unpaired) electrons. The highest BCUT2D eigenvalue weighted by Crippen LogP contribution is 2.49. The van der Waals surface area contributed by atoms with Gasteiger partial charge in [0.15, 0.2) is 0 Å². The van der Waals surface area contributed by atoms with Crippen molar-refractivity contribution in [1.29, 1.82) is 0 Å². The van der Waals surface area contributed by atoms with Crippen LogP contribution in [0.15, 0.2) is 46.2 Å². The molecule has 1 aliphatic heterocycles.